The molecule has 0 radical (unpaired) electrons. The summed E-state index contributed by atoms with van der Waals surface area (Å²) in [5, 5.41) is 0. The van der Waals surface area contributed by atoms with Gasteiger partial charge in [0.2, 0.25) is 0 Å². The highest BCUT2D eigenvalue weighted by Crippen LogP contribution is 2.43. The number of hydrogen-bond acceptors (Lipinski definition) is 2. The molecule has 1 aliphatic rings. The lowest BCUT2D eigenvalue weighted by Gasteiger charge is -2.21. The molecule has 1 saturated carbocycles. The first-order chi connectivity index (χ1) is 8.57. The molecule has 0 saturated heterocycles. The van der Waals surface area contributed by atoms with Crippen LogP contribution >= 0.6 is 0 Å². The maximum atomic E-state index is 12.9. The Bertz CT molecular complexity index is 553. The second kappa shape index (κ2) is 3.92. The molecule has 1 unspecified atom stereocenters. The Morgan fingerprint density at radius 2 is 2.00 bits per heavy atom. The van der Waals surface area contributed by atoms with Crippen molar-refractivity contribution in [3.05, 3.63) is 42.1 Å². The molecule has 3 nitrogen and oxygen atoms in total. The molecule has 0 spiro atoms. The van der Waals surface area contributed by atoms with E-state index in [1.807, 2.05) is 6.92 Å². The Kier molecular flexibility index (Phi) is 2.48. The summed E-state index contributed by atoms with van der Waals surface area (Å²) in [6.07, 6.45) is 4.09. The summed E-state index contributed by atoms with van der Waals surface area (Å²) >= 11 is 0. The number of nitrogens with zero attached hydrogens (tertiary/aromatic N) is 1. The quantitative estimate of drug-likeness (QED) is 0.873. The SMILES string of the molecule is CC(N)(c1ncc(-c2ccc(F)cc2)[nH]1)C1CC1. The molecule has 0 bridgehead atoms. The van der Waals surface area contributed by atoms with Gasteiger partial charge in [-0.1, -0.05) is 0 Å². The molecule has 1 atom stereocenters. The van der Waals surface area contributed by atoms with Crippen LogP contribution < -0.4 is 5.73 Å². The summed E-state index contributed by atoms with van der Waals surface area (Å²) in [6.45, 7) is 2.01. The van der Waals surface area contributed by atoms with Gasteiger partial charge in [-0.15, -0.1) is 0 Å². The highest BCUT2D eigenvalue weighted by Gasteiger charge is 2.41. The number of H-pyrrole nitrogens is 1. The Morgan fingerprint density at radius 3 is 2.61 bits per heavy atom. The van der Waals surface area contributed by atoms with Crippen molar-refractivity contribution in [3.8, 4) is 11.3 Å². The van der Waals surface area contributed by atoms with E-state index in [9.17, 15) is 4.39 Å². The summed E-state index contributed by atoms with van der Waals surface area (Å²) in [7, 11) is 0. The Labute approximate surface area is 105 Å². The van der Waals surface area contributed by atoms with Crippen LogP contribution in [0.15, 0.2) is 30.5 Å². The van der Waals surface area contributed by atoms with Gasteiger partial charge in [0.1, 0.15) is 11.6 Å². The van der Waals surface area contributed by atoms with Gasteiger partial charge in [-0.05, 0) is 55.5 Å². The van der Waals surface area contributed by atoms with Gasteiger partial charge >= 0.3 is 0 Å². The molecule has 2 aromatic rings. The fraction of sp³-hybridized carbons (Fsp3) is 0.357. The number of imidazole rings is 1. The van der Waals surface area contributed by atoms with E-state index in [4.69, 9.17) is 5.73 Å². The lowest BCUT2D eigenvalue weighted by Crippen LogP contribution is -2.36. The van der Waals surface area contributed by atoms with Gasteiger partial charge in [0.25, 0.3) is 0 Å². The van der Waals surface area contributed by atoms with E-state index >= 15 is 0 Å². The first-order valence-corrected chi connectivity index (χ1v) is 6.17. The van der Waals surface area contributed by atoms with Gasteiger partial charge < -0.3 is 10.7 Å². The topological polar surface area (TPSA) is 54.7 Å². The van der Waals surface area contributed by atoms with Crippen molar-refractivity contribution in [2.75, 3.05) is 0 Å². The van der Waals surface area contributed by atoms with E-state index in [1.165, 1.54) is 25.0 Å². The first-order valence-electron chi connectivity index (χ1n) is 6.17. The molecule has 1 aliphatic carbocycles. The molecule has 1 aromatic carbocycles. The normalized spacial score (nSPS) is 18.6. The average molecular weight is 245 g/mol. The number of benzene rings is 1. The zero-order valence-electron chi connectivity index (χ0n) is 10.3. The van der Waals surface area contributed by atoms with Gasteiger partial charge in [-0.2, -0.15) is 0 Å². The van der Waals surface area contributed by atoms with Crippen LogP contribution in [0.5, 0.6) is 0 Å². The van der Waals surface area contributed by atoms with Crippen molar-refractivity contribution in [2.45, 2.75) is 25.3 Å². The third kappa shape index (κ3) is 1.93. The van der Waals surface area contributed by atoms with E-state index in [1.54, 1.807) is 18.3 Å². The molecule has 1 aromatic heterocycles. The molecule has 0 aliphatic heterocycles. The van der Waals surface area contributed by atoms with Crippen LogP contribution in [0.4, 0.5) is 4.39 Å². The number of nitrogens with two attached hydrogens (primary N) is 1. The minimum absolute atomic E-state index is 0.236. The van der Waals surface area contributed by atoms with Crippen LogP contribution in [0.2, 0.25) is 0 Å². The van der Waals surface area contributed by atoms with Crippen molar-refractivity contribution in [1.29, 1.82) is 0 Å². The number of aromatic nitrogens is 2. The van der Waals surface area contributed by atoms with E-state index in [0.717, 1.165) is 17.1 Å². The van der Waals surface area contributed by atoms with Crippen LogP contribution in [0.1, 0.15) is 25.6 Å². The highest BCUT2D eigenvalue weighted by atomic mass is 19.1. The van der Waals surface area contributed by atoms with Gasteiger partial charge in [-0.25, -0.2) is 9.37 Å². The largest absolute Gasteiger partial charge is 0.340 e. The number of nitrogens with one attached hydrogen (secondary N) is 1. The summed E-state index contributed by atoms with van der Waals surface area (Å²) < 4.78 is 12.9. The van der Waals surface area contributed by atoms with Crippen LogP contribution in [0.3, 0.4) is 0 Å². The molecule has 94 valence electrons. The predicted molar refractivity (Wildman–Crippen MR) is 68.2 cm³/mol. The Morgan fingerprint density at radius 1 is 1.33 bits per heavy atom. The summed E-state index contributed by atoms with van der Waals surface area (Å²) in [6, 6.07) is 6.35. The molecule has 3 rings (SSSR count). The van der Waals surface area contributed by atoms with Crippen molar-refractivity contribution in [2.24, 2.45) is 11.7 Å². The third-order valence-corrected chi connectivity index (χ3v) is 3.67. The lowest BCUT2D eigenvalue weighted by atomic mass is 9.97. The molecule has 1 heterocycles. The minimum Gasteiger partial charge on any atom is -0.340 e. The van der Waals surface area contributed by atoms with Gasteiger partial charge in [0.15, 0.2) is 0 Å². The summed E-state index contributed by atoms with van der Waals surface area (Å²) in [5.41, 5.74) is 7.71. The van der Waals surface area contributed by atoms with Crippen molar-refractivity contribution < 1.29 is 4.39 Å². The fourth-order valence-corrected chi connectivity index (χ4v) is 2.25. The smallest absolute Gasteiger partial charge is 0.126 e. The van der Waals surface area contributed by atoms with Crippen molar-refractivity contribution in [1.82, 2.24) is 9.97 Å². The second-order valence-electron chi connectivity index (χ2n) is 5.21. The van der Waals surface area contributed by atoms with Gasteiger partial charge in [-0.3, -0.25) is 0 Å². The zero-order chi connectivity index (χ0) is 12.8. The van der Waals surface area contributed by atoms with E-state index < -0.39 is 5.54 Å². The molecular formula is C14H16FN3. The standard InChI is InChI=1S/C14H16FN3/c1-14(16,10-4-5-10)13-17-8-12(18-13)9-2-6-11(15)7-3-9/h2-3,6-8,10H,4-5,16H2,1H3,(H,17,18). The van der Waals surface area contributed by atoms with E-state index in [2.05, 4.69) is 9.97 Å². The fourth-order valence-electron chi connectivity index (χ4n) is 2.25. The van der Waals surface area contributed by atoms with E-state index in [-0.39, 0.29) is 5.82 Å². The average Bonchev–Trinajstić information content (AvgIpc) is 3.09. The van der Waals surface area contributed by atoms with Gasteiger partial charge in [0, 0.05) is 0 Å². The monoisotopic (exact) mass is 245 g/mol. The number of halogens is 1. The molecule has 0 amide bonds. The molecule has 1 fully saturated rings. The third-order valence-electron chi connectivity index (χ3n) is 3.67. The maximum Gasteiger partial charge on any atom is 0.126 e. The number of hydrogen-bond donors (Lipinski definition) is 2. The van der Waals surface area contributed by atoms with E-state index in [0.29, 0.717) is 5.92 Å². The molecule has 18 heavy (non-hydrogen) atoms. The molecular weight excluding hydrogens is 229 g/mol. The van der Waals surface area contributed by atoms with Crippen molar-refractivity contribution >= 4 is 0 Å². The number of aromatic amines is 1. The van der Waals surface area contributed by atoms with Crippen LogP contribution in [-0.2, 0) is 5.54 Å². The molecule has 4 heteroatoms. The minimum atomic E-state index is -0.391. The van der Waals surface area contributed by atoms with Crippen LogP contribution in [0, 0.1) is 11.7 Å². The number of rotatable bonds is 3. The van der Waals surface area contributed by atoms with Gasteiger partial charge in [0.05, 0.1) is 17.4 Å². The van der Waals surface area contributed by atoms with Crippen LogP contribution in [-0.4, -0.2) is 9.97 Å². The zero-order valence-corrected chi connectivity index (χ0v) is 10.3. The Balaban J connectivity index is 1.91. The lowest BCUT2D eigenvalue weighted by molar-refractivity contribution is 0.404. The predicted octanol–water partition coefficient (Wildman–Crippen LogP) is 2.80. The highest BCUT2D eigenvalue weighted by molar-refractivity contribution is 5.58. The molecule has 3 N–H and O–H groups in total. The maximum absolute atomic E-state index is 12.9. The summed E-state index contributed by atoms with van der Waals surface area (Å²) in [5.74, 6) is 1.09. The first kappa shape index (κ1) is 11.4. The van der Waals surface area contributed by atoms with Crippen molar-refractivity contribution in [3.63, 3.8) is 0 Å². The Hall–Kier alpha value is -1.68. The second-order valence-corrected chi connectivity index (χ2v) is 5.21. The summed E-state index contributed by atoms with van der Waals surface area (Å²) in [4.78, 5) is 7.63. The van der Waals surface area contributed by atoms with Crippen LogP contribution in [0.25, 0.3) is 11.3 Å².